The summed E-state index contributed by atoms with van der Waals surface area (Å²) in [7, 11) is 0. The van der Waals surface area contributed by atoms with Crippen molar-refractivity contribution >= 4 is 28.8 Å². The van der Waals surface area contributed by atoms with E-state index in [9.17, 15) is 9.59 Å². The number of amides is 2. The average molecular weight is 301 g/mol. The van der Waals surface area contributed by atoms with Crippen molar-refractivity contribution in [3.8, 4) is 0 Å². The summed E-state index contributed by atoms with van der Waals surface area (Å²) < 4.78 is 0. The Bertz CT molecular complexity index is 723. The highest BCUT2D eigenvalue weighted by Gasteiger charge is 2.20. The molecule has 3 rings (SSSR count). The molecule has 1 unspecified atom stereocenters. The number of rotatable bonds is 3. The van der Waals surface area contributed by atoms with Crippen molar-refractivity contribution in [2.45, 2.75) is 26.3 Å². The number of nitrogens with zero attached hydrogens (tertiary/aromatic N) is 1. The molecule has 1 aromatic heterocycles. The first-order chi connectivity index (χ1) is 10.0. The van der Waals surface area contributed by atoms with Crippen molar-refractivity contribution in [2.24, 2.45) is 0 Å². The molecule has 1 aliphatic rings. The van der Waals surface area contributed by atoms with Gasteiger partial charge < -0.3 is 10.6 Å². The summed E-state index contributed by atoms with van der Waals surface area (Å²) in [5.41, 5.74) is 3.15. The van der Waals surface area contributed by atoms with Gasteiger partial charge in [0.1, 0.15) is 5.01 Å². The maximum atomic E-state index is 12.3. The lowest BCUT2D eigenvalue weighted by molar-refractivity contribution is -0.115. The zero-order chi connectivity index (χ0) is 15.0. The topological polar surface area (TPSA) is 71.1 Å². The van der Waals surface area contributed by atoms with E-state index in [1.807, 2.05) is 25.3 Å². The van der Waals surface area contributed by atoms with Gasteiger partial charge in [0.25, 0.3) is 5.91 Å². The molecule has 0 aliphatic carbocycles. The van der Waals surface area contributed by atoms with E-state index >= 15 is 0 Å². The lowest BCUT2D eigenvalue weighted by atomic mass is 10.1. The second-order valence-electron chi connectivity index (χ2n) is 5.12. The minimum absolute atomic E-state index is 0.0332. The zero-order valence-corrected chi connectivity index (χ0v) is 12.6. The number of benzene rings is 1. The largest absolute Gasteiger partial charge is 0.343 e. The molecule has 1 aliphatic heterocycles. The van der Waals surface area contributed by atoms with Crippen LogP contribution in [0.2, 0.25) is 0 Å². The Labute approximate surface area is 126 Å². The van der Waals surface area contributed by atoms with Gasteiger partial charge in [0.15, 0.2) is 0 Å². The highest BCUT2D eigenvalue weighted by molar-refractivity contribution is 7.09. The summed E-state index contributed by atoms with van der Waals surface area (Å²) in [4.78, 5) is 28.0. The molecular weight excluding hydrogens is 286 g/mol. The van der Waals surface area contributed by atoms with Crippen LogP contribution in [0.4, 0.5) is 5.69 Å². The van der Waals surface area contributed by atoms with Gasteiger partial charge >= 0.3 is 0 Å². The predicted octanol–water partition coefficient (Wildman–Crippen LogP) is 2.44. The van der Waals surface area contributed by atoms with Crippen LogP contribution < -0.4 is 10.6 Å². The molecule has 2 heterocycles. The van der Waals surface area contributed by atoms with Gasteiger partial charge in [0.05, 0.1) is 12.5 Å². The highest BCUT2D eigenvalue weighted by Crippen LogP contribution is 2.24. The van der Waals surface area contributed by atoms with Crippen LogP contribution in [-0.2, 0) is 11.2 Å². The molecule has 2 N–H and O–H groups in total. The summed E-state index contributed by atoms with van der Waals surface area (Å²) in [6.45, 7) is 3.84. The first-order valence-electron chi connectivity index (χ1n) is 6.68. The summed E-state index contributed by atoms with van der Waals surface area (Å²) in [5, 5.41) is 8.52. The molecule has 2 aromatic rings. The Morgan fingerprint density at radius 1 is 1.48 bits per heavy atom. The molecule has 108 valence electrons. The van der Waals surface area contributed by atoms with E-state index in [0.717, 1.165) is 22.0 Å². The monoisotopic (exact) mass is 301 g/mol. The fraction of sp³-hybridized carbons (Fsp3) is 0.267. The van der Waals surface area contributed by atoms with E-state index in [-0.39, 0.29) is 17.9 Å². The molecule has 6 heteroatoms. The number of carbonyl (C=O) groups is 2. The fourth-order valence-electron chi connectivity index (χ4n) is 2.27. The Morgan fingerprint density at radius 2 is 2.29 bits per heavy atom. The molecule has 5 nitrogen and oxygen atoms in total. The molecule has 2 amide bonds. The predicted molar refractivity (Wildman–Crippen MR) is 81.5 cm³/mol. The highest BCUT2D eigenvalue weighted by atomic mass is 32.1. The van der Waals surface area contributed by atoms with Crippen molar-refractivity contribution in [1.82, 2.24) is 10.3 Å². The lowest BCUT2D eigenvalue weighted by Crippen LogP contribution is -2.26. The number of nitrogens with one attached hydrogen (secondary N) is 2. The minimum Gasteiger partial charge on any atom is -0.343 e. The van der Waals surface area contributed by atoms with Crippen LogP contribution in [0.25, 0.3) is 0 Å². The molecule has 0 bridgehead atoms. The number of aryl methyl sites for hydroxylation is 1. The van der Waals surface area contributed by atoms with Crippen molar-refractivity contribution < 1.29 is 9.59 Å². The van der Waals surface area contributed by atoms with Crippen LogP contribution >= 0.6 is 11.3 Å². The zero-order valence-electron chi connectivity index (χ0n) is 11.8. The minimum atomic E-state index is -0.167. The van der Waals surface area contributed by atoms with Crippen LogP contribution in [0.5, 0.6) is 0 Å². The molecule has 0 saturated carbocycles. The third-order valence-electron chi connectivity index (χ3n) is 3.35. The van der Waals surface area contributed by atoms with Crippen LogP contribution in [0.15, 0.2) is 23.6 Å². The fourth-order valence-corrected chi connectivity index (χ4v) is 3.07. The van der Waals surface area contributed by atoms with Gasteiger partial charge in [-0.2, -0.15) is 0 Å². The number of fused-ring (bicyclic) bond motifs is 1. The third kappa shape index (κ3) is 2.80. The quantitative estimate of drug-likeness (QED) is 0.914. The molecule has 1 aromatic carbocycles. The van der Waals surface area contributed by atoms with Crippen LogP contribution in [0.3, 0.4) is 0 Å². The van der Waals surface area contributed by atoms with Gasteiger partial charge in [-0.3, -0.25) is 9.59 Å². The Hall–Kier alpha value is -2.21. The van der Waals surface area contributed by atoms with Crippen molar-refractivity contribution in [2.75, 3.05) is 5.32 Å². The molecule has 21 heavy (non-hydrogen) atoms. The SMILES string of the molecule is Cc1csc(C(C)NC(=O)c2ccc3c(c2)NC(=O)C3)n1. The normalized spacial score (nSPS) is 14.5. The Kier molecular flexibility index (Phi) is 3.47. The van der Waals surface area contributed by atoms with E-state index in [4.69, 9.17) is 0 Å². The number of thiazole rings is 1. The van der Waals surface area contributed by atoms with Gasteiger partial charge in [-0.25, -0.2) is 4.98 Å². The van der Waals surface area contributed by atoms with Gasteiger partial charge in [-0.15, -0.1) is 11.3 Å². The van der Waals surface area contributed by atoms with Crippen LogP contribution in [-0.4, -0.2) is 16.8 Å². The van der Waals surface area contributed by atoms with E-state index in [1.165, 1.54) is 11.3 Å². The lowest BCUT2D eigenvalue weighted by Gasteiger charge is -2.12. The second-order valence-corrected chi connectivity index (χ2v) is 6.01. The maximum absolute atomic E-state index is 12.3. The first-order valence-corrected chi connectivity index (χ1v) is 7.56. The van der Waals surface area contributed by atoms with Crippen LogP contribution in [0.1, 0.15) is 39.6 Å². The molecule has 0 radical (unpaired) electrons. The van der Waals surface area contributed by atoms with Crippen molar-refractivity contribution in [3.63, 3.8) is 0 Å². The van der Waals surface area contributed by atoms with Gasteiger partial charge in [0.2, 0.25) is 5.91 Å². The molecule has 1 atom stereocenters. The summed E-state index contributed by atoms with van der Waals surface area (Å²) in [6.07, 6.45) is 0.381. The smallest absolute Gasteiger partial charge is 0.251 e. The first kappa shape index (κ1) is 13.8. The Morgan fingerprint density at radius 3 is 3.00 bits per heavy atom. The average Bonchev–Trinajstić information content (AvgIpc) is 3.02. The van der Waals surface area contributed by atoms with Crippen LogP contribution in [0, 0.1) is 6.92 Å². The summed E-state index contributed by atoms with van der Waals surface area (Å²) in [6, 6.07) is 5.14. The number of hydrogen-bond donors (Lipinski definition) is 2. The number of hydrogen-bond acceptors (Lipinski definition) is 4. The maximum Gasteiger partial charge on any atom is 0.251 e. The standard InChI is InChI=1S/C15H15N3O2S/c1-8-7-21-15(16-8)9(2)17-14(20)11-4-3-10-6-13(19)18-12(10)5-11/h3-5,7,9H,6H2,1-2H3,(H,17,20)(H,18,19). The van der Waals surface area contributed by atoms with E-state index in [1.54, 1.807) is 12.1 Å². The second kappa shape index (κ2) is 5.29. The van der Waals surface area contributed by atoms with E-state index < -0.39 is 0 Å². The van der Waals surface area contributed by atoms with Crippen molar-refractivity contribution in [1.29, 1.82) is 0 Å². The molecular formula is C15H15N3O2S. The van der Waals surface area contributed by atoms with Gasteiger partial charge in [-0.1, -0.05) is 6.07 Å². The van der Waals surface area contributed by atoms with Gasteiger partial charge in [0, 0.05) is 22.3 Å². The number of carbonyl (C=O) groups excluding carboxylic acids is 2. The van der Waals surface area contributed by atoms with E-state index in [0.29, 0.717) is 12.0 Å². The molecule has 0 fully saturated rings. The van der Waals surface area contributed by atoms with E-state index in [2.05, 4.69) is 15.6 Å². The van der Waals surface area contributed by atoms with Gasteiger partial charge in [-0.05, 0) is 31.5 Å². The third-order valence-corrected chi connectivity index (χ3v) is 4.50. The van der Waals surface area contributed by atoms with Crippen molar-refractivity contribution in [3.05, 3.63) is 45.4 Å². The number of anilines is 1. The summed E-state index contributed by atoms with van der Waals surface area (Å²) in [5.74, 6) is -0.200. The Balaban J connectivity index is 1.74. The molecule has 0 saturated heterocycles. The molecule has 0 spiro atoms. The summed E-state index contributed by atoms with van der Waals surface area (Å²) >= 11 is 1.53. The number of aromatic nitrogens is 1.